The maximum atomic E-state index is 12.0. The molecular weight excluding hydrogens is 282 g/mol. The van der Waals surface area contributed by atoms with Crippen molar-refractivity contribution in [1.29, 1.82) is 0 Å². The Labute approximate surface area is 111 Å². The summed E-state index contributed by atoms with van der Waals surface area (Å²) in [6.07, 6.45) is 0.918. The van der Waals surface area contributed by atoms with E-state index in [4.69, 9.17) is 4.74 Å². The van der Waals surface area contributed by atoms with Crippen LogP contribution in [0.3, 0.4) is 0 Å². The maximum absolute atomic E-state index is 12.0. The zero-order valence-corrected chi connectivity index (χ0v) is 12.0. The van der Waals surface area contributed by atoms with Gasteiger partial charge in [0.1, 0.15) is 5.75 Å². The summed E-state index contributed by atoms with van der Waals surface area (Å²) in [5.74, 6) is 0.528. The summed E-state index contributed by atoms with van der Waals surface area (Å²) in [7, 11) is 0. The smallest absolute Gasteiger partial charge is 0.255 e. The predicted octanol–water partition coefficient (Wildman–Crippen LogP) is 3.38. The lowest BCUT2D eigenvalue weighted by atomic mass is 10.2. The van der Waals surface area contributed by atoms with E-state index in [1.54, 1.807) is 6.07 Å². The van der Waals surface area contributed by atoms with Crippen LogP contribution in [0.15, 0.2) is 22.7 Å². The molecule has 0 aliphatic heterocycles. The summed E-state index contributed by atoms with van der Waals surface area (Å²) in [4.78, 5) is 12.0. The lowest BCUT2D eigenvalue weighted by Gasteiger charge is -2.13. The fraction of sp³-hybridized carbons (Fsp3) is 0.462. The van der Waals surface area contributed by atoms with Crippen LogP contribution >= 0.6 is 15.9 Å². The second kappa shape index (κ2) is 6.64. The van der Waals surface area contributed by atoms with E-state index in [1.165, 1.54) is 0 Å². The summed E-state index contributed by atoms with van der Waals surface area (Å²) in [5.41, 5.74) is 0.571. The van der Waals surface area contributed by atoms with Gasteiger partial charge in [-0.2, -0.15) is 0 Å². The Bertz CT molecular complexity index is 391. The zero-order chi connectivity index (χ0) is 12.8. The predicted molar refractivity (Wildman–Crippen MR) is 72.5 cm³/mol. The van der Waals surface area contributed by atoms with Crippen molar-refractivity contribution in [2.75, 3.05) is 6.61 Å². The van der Waals surface area contributed by atoms with Gasteiger partial charge in [-0.1, -0.05) is 22.9 Å². The van der Waals surface area contributed by atoms with Gasteiger partial charge in [0.15, 0.2) is 0 Å². The molecule has 0 aliphatic carbocycles. The third-order valence-corrected chi connectivity index (χ3v) is 2.56. The third-order valence-electron chi connectivity index (χ3n) is 2.07. The van der Waals surface area contributed by atoms with Crippen LogP contribution in [0, 0.1) is 0 Å². The monoisotopic (exact) mass is 299 g/mol. The minimum Gasteiger partial charge on any atom is -0.493 e. The Hall–Kier alpha value is -1.03. The quantitative estimate of drug-likeness (QED) is 0.905. The van der Waals surface area contributed by atoms with E-state index in [1.807, 2.05) is 32.9 Å². The molecule has 0 unspecified atom stereocenters. The first-order valence-corrected chi connectivity index (χ1v) is 6.57. The standard InChI is InChI=1S/C13H18BrNO2/c1-4-7-17-12-6-5-10(14)8-11(12)13(16)15-9(2)3/h5-6,8-9H,4,7H2,1-3H3,(H,15,16). The Balaban J connectivity index is 2.93. The Morgan fingerprint density at radius 1 is 1.47 bits per heavy atom. The van der Waals surface area contributed by atoms with Crippen LogP contribution in [-0.2, 0) is 0 Å². The Morgan fingerprint density at radius 3 is 2.76 bits per heavy atom. The molecule has 1 N–H and O–H groups in total. The van der Waals surface area contributed by atoms with Gasteiger partial charge in [0.2, 0.25) is 0 Å². The molecule has 0 aliphatic rings. The number of benzene rings is 1. The van der Waals surface area contributed by atoms with Crippen molar-refractivity contribution in [1.82, 2.24) is 5.32 Å². The normalized spacial score (nSPS) is 10.4. The molecule has 3 nitrogen and oxygen atoms in total. The average Bonchev–Trinajstić information content (AvgIpc) is 2.26. The van der Waals surface area contributed by atoms with E-state index in [-0.39, 0.29) is 11.9 Å². The maximum Gasteiger partial charge on any atom is 0.255 e. The Kier molecular flexibility index (Phi) is 5.48. The van der Waals surface area contributed by atoms with E-state index < -0.39 is 0 Å². The van der Waals surface area contributed by atoms with E-state index in [9.17, 15) is 4.79 Å². The SMILES string of the molecule is CCCOc1ccc(Br)cc1C(=O)NC(C)C. The van der Waals surface area contributed by atoms with E-state index >= 15 is 0 Å². The number of halogens is 1. The second-order valence-corrected chi connectivity index (χ2v) is 5.03. The fourth-order valence-corrected chi connectivity index (χ4v) is 1.72. The molecule has 0 bridgehead atoms. The first kappa shape index (κ1) is 14.0. The number of hydrogen-bond acceptors (Lipinski definition) is 2. The van der Waals surface area contributed by atoms with Crippen LogP contribution in [0.25, 0.3) is 0 Å². The van der Waals surface area contributed by atoms with Crippen LogP contribution < -0.4 is 10.1 Å². The van der Waals surface area contributed by atoms with Crippen molar-refractivity contribution >= 4 is 21.8 Å². The molecule has 0 heterocycles. The van der Waals surface area contributed by atoms with Gasteiger partial charge < -0.3 is 10.1 Å². The van der Waals surface area contributed by atoms with Crippen LogP contribution in [-0.4, -0.2) is 18.6 Å². The summed E-state index contributed by atoms with van der Waals surface area (Å²) in [5, 5.41) is 2.86. The van der Waals surface area contributed by atoms with Gasteiger partial charge in [0, 0.05) is 10.5 Å². The van der Waals surface area contributed by atoms with E-state index in [2.05, 4.69) is 21.2 Å². The molecule has 1 rings (SSSR count). The highest BCUT2D eigenvalue weighted by Crippen LogP contribution is 2.23. The summed E-state index contributed by atoms with van der Waals surface area (Å²) >= 11 is 3.36. The molecule has 0 aromatic heterocycles. The van der Waals surface area contributed by atoms with Gasteiger partial charge in [-0.05, 0) is 38.5 Å². The molecule has 0 saturated carbocycles. The number of rotatable bonds is 5. The lowest BCUT2D eigenvalue weighted by molar-refractivity contribution is 0.0939. The van der Waals surface area contributed by atoms with E-state index in [0.29, 0.717) is 17.9 Å². The number of nitrogens with one attached hydrogen (secondary N) is 1. The van der Waals surface area contributed by atoms with Crippen LogP contribution in [0.5, 0.6) is 5.75 Å². The molecule has 1 aromatic carbocycles. The van der Waals surface area contributed by atoms with Gasteiger partial charge in [0.05, 0.1) is 12.2 Å². The van der Waals surface area contributed by atoms with Gasteiger partial charge in [-0.3, -0.25) is 4.79 Å². The summed E-state index contributed by atoms with van der Waals surface area (Å²) in [6.45, 7) is 6.52. The molecule has 1 aromatic rings. The van der Waals surface area contributed by atoms with Crippen molar-refractivity contribution in [3.05, 3.63) is 28.2 Å². The summed E-state index contributed by atoms with van der Waals surface area (Å²) < 4.78 is 6.43. The molecule has 0 spiro atoms. The zero-order valence-electron chi connectivity index (χ0n) is 10.4. The molecule has 1 amide bonds. The molecule has 17 heavy (non-hydrogen) atoms. The number of ether oxygens (including phenoxy) is 1. The van der Waals surface area contributed by atoms with Gasteiger partial charge in [-0.25, -0.2) is 0 Å². The van der Waals surface area contributed by atoms with Crippen molar-refractivity contribution in [3.8, 4) is 5.75 Å². The minimum absolute atomic E-state index is 0.104. The molecule has 0 fully saturated rings. The lowest BCUT2D eigenvalue weighted by Crippen LogP contribution is -2.30. The van der Waals surface area contributed by atoms with Gasteiger partial charge >= 0.3 is 0 Å². The number of carbonyl (C=O) groups excluding carboxylic acids is 1. The van der Waals surface area contributed by atoms with Gasteiger partial charge in [-0.15, -0.1) is 0 Å². The van der Waals surface area contributed by atoms with Crippen molar-refractivity contribution in [2.45, 2.75) is 33.2 Å². The fourth-order valence-electron chi connectivity index (χ4n) is 1.36. The second-order valence-electron chi connectivity index (χ2n) is 4.12. The molecular formula is C13H18BrNO2. The van der Waals surface area contributed by atoms with Crippen LogP contribution in [0.1, 0.15) is 37.6 Å². The largest absolute Gasteiger partial charge is 0.493 e. The number of hydrogen-bond donors (Lipinski definition) is 1. The Morgan fingerprint density at radius 2 is 2.18 bits per heavy atom. The van der Waals surface area contributed by atoms with Crippen LogP contribution in [0.2, 0.25) is 0 Å². The molecule has 0 atom stereocenters. The average molecular weight is 300 g/mol. The van der Waals surface area contributed by atoms with E-state index in [0.717, 1.165) is 10.9 Å². The topological polar surface area (TPSA) is 38.3 Å². The van der Waals surface area contributed by atoms with Crippen molar-refractivity contribution in [2.24, 2.45) is 0 Å². The highest BCUT2D eigenvalue weighted by atomic mass is 79.9. The highest BCUT2D eigenvalue weighted by molar-refractivity contribution is 9.10. The first-order valence-electron chi connectivity index (χ1n) is 5.77. The van der Waals surface area contributed by atoms with Crippen molar-refractivity contribution in [3.63, 3.8) is 0 Å². The van der Waals surface area contributed by atoms with Crippen LogP contribution in [0.4, 0.5) is 0 Å². The molecule has 4 heteroatoms. The number of carbonyl (C=O) groups is 1. The highest BCUT2D eigenvalue weighted by Gasteiger charge is 2.13. The molecule has 0 radical (unpaired) electrons. The van der Waals surface area contributed by atoms with Gasteiger partial charge in [0.25, 0.3) is 5.91 Å². The third kappa shape index (κ3) is 4.38. The first-order chi connectivity index (χ1) is 8.04. The summed E-state index contributed by atoms with van der Waals surface area (Å²) in [6, 6.07) is 5.58. The van der Waals surface area contributed by atoms with Crippen molar-refractivity contribution < 1.29 is 9.53 Å². The molecule has 94 valence electrons. The molecule has 0 saturated heterocycles. The minimum atomic E-state index is -0.104. The number of amides is 1.